The Morgan fingerprint density at radius 1 is 0.728 bits per heavy atom. The molecular weight excluding hydrogens is 1130 g/mol. The van der Waals surface area contributed by atoms with Gasteiger partial charge >= 0.3 is 6.36 Å². The molecule has 0 radical (unpaired) electrons. The van der Waals surface area contributed by atoms with Crippen LogP contribution in [0.5, 0.6) is 23.0 Å². The number of carbonyl (C=O) groups is 2. The number of aromatic nitrogens is 4. The molecule has 0 bridgehead atoms. The molecule has 2 aromatic heterocycles. The first kappa shape index (κ1) is 61.8. The minimum absolute atomic E-state index is 0.0128. The number of likely N-dealkylation sites (tertiary alicyclic amines) is 1. The number of ether oxygens (including phenoxy) is 6. The molecule has 0 atom stereocenters. The molecule has 4 aromatic carbocycles. The van der Waals surface area contributed by atoms with Crippen molar-refractivity contribution in [1.82, 2.24) is 36.2 Å². The molecule has 0 saturated carbocycles. The van der Waals surface area contributed by atoms with Crippen LogP contribution in [0.25, 0.3) is 22.8 Å². The number of nitrogens with one attached hydrogen (secondary N) is 2. The number of rotatable bonds is 24. The molecule has 0 aliphatic carbocycles. The molecule has 2 aliphatic rings. The van der Waals surface area contributed by atoms with Gasteiger partial charge in [0.2, 0.25) is 17.6 Å². The van der Waals surface area contributed by atoms with Crippen LogP contribution in [0.1, 0.15) is 50.3 Å². The Labute approximate surface area is 468 Å². The van der Waals surface area contributed by atoms with E-state index >= 15 is 0 Å². The zero-order valence-electron chi connectivity index (χ0n) is 44.2. The van der Waals surface area contributed by atoms with Crippen molar-refractivity contribution >= 4 is 43.3 Å². The van der Waals surface area contributed by atoms with Crippen molar-refractivity contribution < 1.29 is 87.4 Å². The summed E-state index contributed by atoms with van der Waals surface area (Å²) in [5.41, 5.74) is 4.22. The number of aryl methyl sites for hydroxylation is 2. The Morgan fingerprint density at radius 3 is 1.79 bits per heavy atom. The molecule has 23 nitrogen and oxygen atoms in total. The van der Waals surface area contributed by atoms with E-state index in [-0.39, 0.29) is 66.9 Å². The minimum atomic E-state index is -4.79. The lowest BCUT2D eigenvalue weighted by Gasteiger charge is -2.39. The van der Waals surface area contributed by atoms with Gasteiger partial charge in [0.25, 0.3) is 17.7 Å². The number of carbonyl (C=O) groups excluding carboxylic acids is 2. The Hall–Kier alpha value is -6.86. The molecular formula is C52H60F3N7O16S3. The van der Waals surface area contributed by atoms with E-state index in [1.807, 2.05) is 29.4 Å². The van der Waals surface area contributed by atoms with Crippen LogP contribution < -0.4 is 29.9 Å². The molecule has 6 aromatic rings. The van der Waals surface area contributed by atoms with Crippen LogP contribution >= 0.6 is 11.8 Å². The smallest absolute Gasteiger partial charge is 0.496 e. The molecule has 4 heterocycles. The topological polar surface area (TPSA) is 303 Å². The molecule has 2 amide bonds. The quantitative estimate of drug-likeness (QED) is 0.0212. The van der Waals surface area contributed by atoms with Gasteiger partial charge in [-0.1, -0.05) is 5.16 Å². The highest BCUT2D eigenvalue weighted by Crippen LogP contribution is 2.39. The van der Waals surface area contributed by atoms with E-state index in [2.05, 4.69) is 25.1 Å². The highest BCUT2D eigenvalue weighted by atomic mass is 32.2. The fourth-order valence-electron chi connectivity index (χ4n) is 8.92. The molecule has 2 saturated heterocycles. The first-order valence-electron chi connectivity index (χ1n) is 25.2. The molecule has 2 aliphatic heterocycles. The molecule has 81 heavy (non-hydrogen) atoms. The van der Waals surface area contributed by atoms with E-state index in [9.17, 15) is 44.8 Å². The van der Waals surface area contributed by atoms with Gasteiger partial charge in [-0.3, -0.25) is 20.0 Å². The fraction of sp³-hybridized carbons (Fsp3) is 0.423. The summed E-state index contributed by atoms with van der Waals surface area (Å²) in [6.45, 7) is 2.56. The monoisotopic (exact) mass is 1190 g/mol. The van der Waals surface area contributed by atoms with Crippen LogP contribution in [-0.4, -0.2) is 153 Å². The number of amides is 2. The van der Waals surface area contributed by atoms with E-state index in [1.165, 1.54) is 66.1 Å². The van der Waals surface area contributed by atoms with Gasteiger partial charge in [0.05, 0.1) is 42.3 Å². The number of hydrogen-bond donors (Lipinski definition) is 4. The van der Waals surface area contributed by atoms with Gasteiger partial charge in [-0.05, 0) is 136 Å². The summed E-state index contributed by atoms with van der Waals surface area (Å²) in [4.78, 5) is 32.2. The zero-order chi connectivity index (χ0) is 58.3. The van der Waals surface area contributed by atoms with E-state index < -0.39 is 47.3 Å². The van der Waals surface area contributed by atoms with Crippen molar-refractivity contribution in [2.75, 3.05) is 73.1 Å². The third-order valence-corrected chi connectivity index (χ3v) is 19.2. The van der Waals surface area contributed by atoms with Gasteiger partial charge in [-0.25, -0.2) is 27.8 Å². The SMILES string of the molecule is COCCN1CCC(C(=O)NO)(S(=O)(=O)c2ccc(OCCCc3nc(-c4ccc(OC(F)(F)F)cc4)no3)cc2)CC1.COc1cc(SC)ccc1-c1nnc(CCCOc2ccc(S(=O)(=O)C3(C(=O)NO)CCOCC3)cc2)o1. The second kappa shape index (κ2) is 27.7. The number of piperidine rings is 1. The maximum atomic E-state index is 13.6. The summed E-state index contributed by atoms with van der Waals surface area (Å²) in [6, 6.07) is 22.4. The lowest BCUT2D eigenvalue weighted by atomic mass is 9.95. The number of nitrogens with zero attached hydrogens (tertiary/aromatic N) is 5. The van der Waals surface area contributed by atoms with Crippen LogP contribution in [0.15, 0.2) is 115 Å². The summed E-state index contributed by atoms with van der Waals surface area (Å²) in [5.74, 6) is 0.595. The van der Waals surface area contributed by atoms with E-state index in [4.69, 9.17) is 37.8 Å². The highest BCUT2D eigenvalue weighted by Gasteiger charge is 2.54. The Bertz CT molecular complexity index is 3250. The summed E-state index contributed by atoms with van der Waals surface area (Å²) in [6.07, 6.45) is -0.965. The average Bonchev–Trinajstić information content (AvgIpc) is 4.34. The Balaban J connectivity index is 0.000000235. The van der Waals surface area contributed by atoms with E-state index in [1.54, 1.807) is 31.5 Å². The number of sulfone groups is 2. The van der Waals surface area contributed by atoms with Gasteiger partial charge in [-0.15, -0.1) is 35.1 Å². The minimum Gasteiger partial charge on any atom is -0.496 e. The largest absolute Gasteiger partial charge is 0.573 e. The second-order valence-electron chi connectivity index (χ2n) is 18.3. The Morgan fingerprint density at radius 2 is 1.27 bits per heavy atom. The number of thioether (sulfide) groups is 1. The third kappa shape index (κ3) is 15.0. The number of hydrogen-bond acceptors (Lipinski definition) is 22. The first-order chi connectivity index (χ1) is 38.8. The van der Waals surface area contributed by atoms with Crippen molar-refractivity contribution in [3.8, 4) is 45.8 Å². The summed E-state index contributed by atoms with van der Waals surface area (Å²) in [7, 11) is -5.08. The predicted molar refractivity (Wildman–Crippen MR) is 282 cm³/mol. The number of hydroxylamine groups is 2. The number of benzene rings is 4. The molecule has 29 heteroatoms. The standard InChI is InChI=1S/C27H31F3N4O8S.C25H29N3O8S2/c1-39-18-16-34-14-12-26(13-15-34,25(35)32-36)43(37,38)22-10-8-20(9-11-22)40-17-2-3-23-31-24(33-42-23)19-4-6-21(7-5-19)41-27(28,29)30;1-33-21-16-18(37-2)7-10-20(21)23-27-26-22(36-23)4-3-13-35-17-5-8-19(9-6-17)38(31,32)25(24(29)28-30)11-14-34-15-12-25/h4-11,36H,2-3,12-18H2,1H3,(H,32,35);5-10,16,30H,3-4,11-15H2,1-2H3,(H,28,29). The van der Waals surface area contributed by atoms with Crippen LogP contribution in [0.3, 0.4) is 0 Å². The zero-order valence-corrected chi connectivity index (χ0v) is 46.6. The van der Waals surface area contributed by atoms with Gasteiger partial charge in [0.15, 0.2) is 29.2 Å². The highest BCUT2D eigenvalue weighted by molar-refractivity contribution is 7.98. The van der Waals surface area contributed by atoms with E-state index in [0.717, 1.165) is 17.0 Å². The molecule has 438 valence electrons. The van der Waals surface area contributed by atoms with Gasteiger partial charge in [-0.2, -0.15) is 4.98 Å². The second-order valence-corrected chi connectivity index (χ2v) is 23.7. The van der Waals surface area contributed by atoms with Crippen molar-refractivity contribution in [3.63, 3.8) is 0 Å². The molecule has 2 fully saturated rings. The molecule has 8 rings (SSSR count). The summed E-state index contributed by atoms with van der Waals surface area (Å²) >= 11 is 1.61. The Kier molecular flexibility index (Phi) is 21.1. The van der Waals surface area contributed by atoms with Crippen LogP contribution in [0.2, 0.25) is 0 Å². The van der Waals surface area contributed by atoms with Crippen LogP contribution in [0, 0.1) is 0 Å². The van der Waals surface area contributed by atoms with Crippen LogP contribution in [-0.2, 0) is 51.6 Å². The summed E-state index contributed by atoms with van der Waals surface area (Å²) in [5, 5.41) is 30.6. The first-order valence-corrected chi connectivity index (χ1v) is 29.4. The normalized spacial score (nSPS) is 15.4. The fourth-order valence-corrected chi connectivity index (χ4v) is 13.2. The van der Waals surface area contributed by atoms with Crippen molar-refractivity contribution in [3.05, 3.63) is 103 Å². The van der Waals surface area contributed by atoms with Crippen LogP contribution in [0.4, 0.5) is 13.2 Å². The van der Waals surface area contributed by atoms with E-state index in [0.29, 0.717) is 105 Å². The van der Waals surface area contributed by atoms with Crippen molar-refractivity contribution in [2.45, 2.75) is 81.9 Å². The van der Waals surface area contributed by atoms with Gasteiger partial charge in [0.1, 0.15) is 23.0 Å². The number of alkyl halides is 3. The van der Waals surface area contributed by atoms with Crippen molar-refractivity contribution in [1.29, 1.82) is 0 Å². The average molecular weight is 1190 g/mol. The van der Waals surface area contributed by atoms with Gasteiger partial charge < -0.3 is 42.3 Å². The van der Waals surface area contributed by atoms with Crippen molar-refractivity contribution in [2.24, 2.45) is 0 Å². The maximum Gasteiger partial charge on any atom is 0.573 e. The number of methoxy groups -OCH3 is 2. The number of halogens is 3. The lowest BCUT2D eigenvalue weighted by molar-refractivity contribution is -0.274. The van der Waals surface area contributed by atoms with Gasteiger partial charge in [0, 0.05) is 63.3 Å². The molecule has 4 N–H and O–H groups in total. The lowest BCUT2D eigenvalue weighted by Crippen LogP contribution is -2.57. The predicted octanol–water partition coefficient (Wildman–Crippen LogP) is 6.71. The molecule has 0 unspecified atom stereocenters. The third-order valence-electron chi connectivity index (χ3n) is 13.4. The summed E-state index contributed by atoms with van der Waals surface area (Å²) < 4.78 is 129. The molecule has 0 spiro atoms. The maximum absolute atomic E-state index is 13.6.